The predicted octanol–water partition coefficient (Wildman–Crippen LogP) is 2.07. The zero-order valence-electron chi connectivity index (χ0n) is 13.8. The lowest BCUT2D eigenvalue weighted by Gasteiger charge is -2.13. The van der Waals surface area contributed by atoms with Gasteiger partial charge in [0.15, 0.2) is 11.5 Å². The van der Waals surface area contributed by atoms with Gasteiger partial charge in [-0.15, -0.1) is 0 Å². The zero-order valence-corrected chi connectivity index (χ0v) is 13.8. The van der Waals surface area contributed by atoms with E-state index in [1.165, 1.54) is 16.9 Å². The van der Waals surface area contributed by atoms with E-state index in [1.807, 2.05) is 19.2 Å². The molecule has 7 heteroatoms. The van der Waals surface area contributed by atoms with E-state index < -0.39 is 0 Å². The van der Waals surface area contributed by atoms with Crippen molar-refractivity contribution in [1.29, 1.82) is 0 Å². The summed E-state index contributed by atoms with van der Waals surface area (Å²) >= 11 is 0. The zero-order chi connectivity index (χ0) is 17.0. The first-order valence-electron chi connectivity index (χ1n) is 8.37. The normalized spacial score (nSPS) is 19.6. The number of hydrogen-bond acceptors (Lipinski definition) is 5. The predicted molar refractivity (Wildman–Crippen MR) is 93.2 cm³/mol. The number of aryl methyl sites for hydroxylation is 2. The number of hydrazone groups is 1. The van der Waals surface area contributed by atoms with Gasteiger partial charge in [-0.1, -0.05) is 24.3 Å². The number of fused-ring (bicyclic) bond motifs is 4. The van der Waals surface area contributed by atoms with Crippen LogP contribution >= 0.6 is 0 Å². The number of hydrogen-bond donors (Lipinski definition) is 0. The fourth-order valence-corrected chi connectivity index (χ4v) is 3.75. The van der Waals surface area contributed by atoms with Crippen LogP contribution in [-0.4, -0.2) is 31.4 Å². The highest BCUT2D eigenvalue weighted by atomic mass is 16.2. The molecule has 2 aromatic heterocycles. The molecule has 1 amide bonds. The topological polar surface area (TPSA) is 76.3 Å². The average Bonchev–Trinajstić information content (AvgIpc) is 3.10. The van der Waals surface area contributed by atoms with Crippen LogP contribution in [0.3, 0.4) is 0 Å². The largest absolute Gasteiger partial charge is 0.272 e. The number of amides is 1. The quantitative estimate of drug-likeness (QED) is 0.683. The molecule has 0 radical (unpaired) electrons. The van der Waals surface area contributed by atoms with Crippen molar-refractivity contribution in [3.8, 4) is 0 Å². The number of carbonyl (C=O) groups is 1. The third kappa shape index (κ3) is 2.02. The fraction of sp³-hybridized carbons (Fsp3) is 0.278. The summed E-state index contributed by atoms with van der Waals surface area (Å²) in [4.78, 5) is 21.6. The monoisotopic (exact) mass is 332 g/mol. The van der Waals surface area contributed by atoms with Gasteiger partial charge in [-0.3, -0.25) is 9.48 Å². The van der Waals surface area contributed by atoms with Crippen molar-refractivity contribution in [2.24, 2.45) is 18.1 Å². The molecule has 25 heavy (non-hydrogen) atoms. The number of anilines is 1. The van der Waals surface area contributed by atoms with Crippen LogP contribution in [0.25, 0.3) is 11.0 Å². The van der Waals surface area contributed by atoms with E-state index in [1.54, 1.807) is 10.9 Å². The van der Waals surface area contributed by atoms with Crippen LogP contribution in [0.15, 0.2) is 41.9 Å². The Morgan fingerprint density at radius 1 is 1.20 bits per heavy atom. The highest BCUT2D eigenvalue weighted by Crippen LogP contribution is 2.34. The standard InChI is InChI=1S/C18H16N6O/c1-23-16-14(9-21-23)17(20-10-19-16)24-18(25)13-8-4-6-11-5-2-3-7-12(11)15(13)22-24/h2-3,5,7,9-10,13H,4,6,8H2,1H3. The summed E-state index contributed by atoms with van der Waals surface area (Å²) in [5.41, 5.74) is 3.88. The molecule has 0 N–H and O–H groups in total. The highest BCUT2D eigenvalue weighted by Gasteiger charge is 2.40. The molecular formula is C18H16N6O. The molecule has 0 saturated carbocycles. The van der Waals surface area contributed by atoms with Crippen LogP contribution in [0, 0.1) is 5.92 Å². The minimum atomic E-state index is -0.203. The molecule has 1 unspecified atom stereocenters. The van der Waals surface area contributed by atoms with Crippen LogP contribution in [0.5, 0.6) is 0 Å². The first kappa shape index (κ1) is 14.3. The molecule has 2 aliphatic rings. The van der Waals surface area contributed by atoms with Crippen LogP contribution in [0.4, 0.5) is 5.82 Å². The second-order valence-corrected chi connectivity index (χ2v) is 6.44. The Hall–Kier alpha value is -3.09. The lowest BCUT2D eigenvalue weighted by molar-refractivity contribution is -0.119. The summed E-state index contributed by atoms with van der Waals surface area (Å²) in [6.07, 6.45) is 5.91. The maximum absolute atomic E-state index is 13.1. The van der Waals surface area contributed by atoms with Crippen LogP contribution in [0.1, 0.15) is 24.0 Å². The Labute approximate surface area is 144 Å². The van der Waals surface area contributed by atoms with Gasteiger partial charge >= 0.3 is 0 Å². The first-order chi connectivity index (χ1) is 12.2. The summed E-state index contributed by atoms with van der Waals surface area (Å²) in [6.45, 7) is 0. The van der Waals surface area contributed by atoms with E-state index in [0.29, 0.717) is 11.5 Å². The second-order valence-electron chi connectivity index (χ2n) is 6.44. The van der Waals surface area contributed by atoms with Gasteiger partial charge in [0.25, 0.3) is 5.91 Å². The lowest BCUT2D eigenvalue weighted by Crippen LogP contribution is -2.28. The van der Waals surface area contributed by atoms with E-state index in [4.69, 9.17) is 5.10 Å². The van der Waals surface area contributed by atoms with E-state index >= 15 is 0 Å². The van der Waals surface area contributed by atoms with Gasteiger partial charge in [-0.25, -0.2) is 9.97 Å². The Kier molecular flexibility index (Phi) is 2.97. The summed E-state index contributed by atoms with van der Waals surface area (Å²) in [6, 6.07) is 8.22. The number of benzene rings is 1. The summed E-state index contributed by atoms with van der Waals surface area (Å²) < 4.78 is 1.67. The molecule has 124 valence electrons. The molecule has 0 spiro atoms. The molecule has 0 fully saturated rings. The number of carbonyl (C=O) groups excluding carboxylic acids is 1. The molecule has 0 bridgehead atoms. The van der Waals surface area contributed by atoms with Gasteiger partial charge in [-0.2, -0.15) is 15.2 Å². The Balaban J connectivity index is 1.68. The summed E-state index contributed by atoms with van der Waals surface area (Å²) in [5, 5.41) is 11.1. The number of aromatic nitrogens is 4. The molecule has 3 aromatic rings. The highest BCUT2D eigenvalue weighted by molar-refractivity contribution is 6.23. The molecule has 7 nitrogen and oxygen atoms in total. The fourth-order valence-electron chi connectivity index (χ4n) is 3.75. The number of rotatable bonds is 1. The van der Waals surface area contributed by atoms with Crippen LogP contribution < -0.4 is 5.01 Å². The maximum Gasteiger partial charge on any atom is 0.258 e. The van der Waals surface area contributed by atoms with Crippen molar-refractivity contribution < 1.29 is 4.79 Å². The summed E-state index contributed by atoms with van der Waals surface area (Å²) in [7, 11) is 1.82. The Bertz CT molecular complexity index is 1040. The van der Waals surface area contributed by atoms with Crippen molar-refractivity contribution in [3.63, 3.8) is 0 Å². The van der Waals surface area contributed by atoms with Gasteiger partial charge < -0.3 is 0 Å². The molecule has 0 saturated heterocycles. The van der Waals surface area contributed by atoms with Crippen LogP contribution in [0.2, 0.25) is 0 Å². The van der Waals surface area contributed by atoms with E-state index in [-0.39, 0.29) is 11.8 Å². The minimum Gasteiger partial charge on any atom is -0.272 e. The lowest BCUT2D eigenvalue weighted by atomic mass is 9.94. The van der Waals surface area contributed by atoms with Crippen molar-refractivity contribution in [2.45, 2.75) is 19.3 Å². The first-order valence-corrected chi connectivity index (χ1v) is 8.37. The van der Waals surface area contributed by atoms with Crippen molar-refractivity contribution >= 4 is 28.5 Å². The van der Waals surface area contributed by atoms with Gasteiger partial charge in [0.1, 0.15) is 6.33 Å². The van der Waals surface area contributed by atoms with Gasteiger partial charge in [0.2, 0.25) is 0 Å². The Morgan fingerprint density at radius 3 is 3.00 bits per heavy atom. The molecule has 1 aromatic carbocycles. The van der Waals surface area contributed by atoms with Gasteiger partial charge in [-0.05, 0) is 24.8 Å². The minimum absolute atomic E-state index is 0.0180. The average molecular weight is 332 g/mol. The molecule has 3 heterocycles. The second kappa shape index (κ2) is 5.20. The van der Waals surface area contributed by atoms with Gasteiger partial charge in [0.05, 0.1) is 23.2 Å². The molecule has 1 atom stereocenters. The van der Waals surface area contributed by atoms with E-state index in [2.05, 4.69) is 27.2 Å². The van der Waals surface area contributed by atoms with Gasteiger partial charge in [0, 0.05) is 12.6 Å². The molecular weight excluding hydrogens is 316 g/mol. The van der Waals surface area contributed by atoms with Crippen molar-refractivity contribution in [3.05, 3.63) is 47.9 Å². The van der Waals surface area contributed by atoms with Crippen molar-refractivity contribution in [1.82, 2.24) is 19.7 Å². The molecule has 1 aliphatic heterocycles. The summed E-state index contributed by atoms with van der Waals surface area (Å²) in [5.74, 6) is 0.280. The SMILES string of the molecule is Cn1ncc2c(N3N=C4c5ccccc5CCCC4C3=O)ncnc21. The third-order valence-electron chi connectivity index (χ3n) is 4.99. The smallest absolute Gasteiger partial charge is 0.258 e. The molecule has 5 rings (SSSR count). The number of nitrogens with zero attached hydrogens (tertiary/aromatic N) is 6. The van der Waals surface area contributed by atoms with E-state index in [0.717, 1.165) is 35.9 Å². The van der Waals surface area contributed by atoms with Crippen molar-refractivity contribution in [2.75, 3.05) is 5.01 Å². The third-order valence-corrected chi connectivity index (χ3v) is 4.99. The maximum atomic E-state index is 13.1. The van der Waals surface area contributed by atoms with E-state index in [9.17, 15) is 4.79 Å². The molecule has 1 aliphatic carbocycles. The van der Waals surface area contributed by atoms with Crippen LogP contribution in [-0.2, 0) is 18.3 Å². The Morgan fingerprint density at radius 2 is 2.08 bits per heavy atom.